The highest BCUT2D eigenvalue weighted by atomic mass is 19.1. The molecule has 2 nitrogen and oxygen atoms in total. The molecule has 0 fully saturated rings. The SMILES string of the molecule is CCCO.Nc1ccc(F)cc1. The number of aliphatic hydroxyl groups is 1. The van der Waals surface area contributed by atoms with Gasteiger partial charge in [0.05, 0.1) is 0 Å². The second kappa shape index (κ2) is 6.61. The van der Waals surface area contributed by atoms with E-state index in [0.29, 0.717) is 12.3 Å². The minimum absolute atomic E-state index is 0.251. The second-order valence-corrected chi connectivity index (χ2v) is 2.28. The zero-order chi connectivity index (χ0) is 9.40. The number of halogens is 1. The van der Waals surface area contributed by atoms with Crippen LogP contribution in [-0.2, 0) is 0 Å². The van der Waals surface area contributed by atoms with E-state index in [1.807, 2.05) is 6.92 Å². The Morgan fingerprint density at radius 1 is 1.33 bits per heavy atom. The van der Waals surface area contributed by atoms with Gasteiger partial charge in [-0.25, -0.2) is 4.39 Å². The van der Waals surface area contributed by atoms with Gasteiger partial charge in [0.25, 0.3) is 0 Å². The first-order valence-corrected chi connectivity index (χ1v) is 3.82. The van der Waals surface area contributed by atoms with Crippen molar-refractivity contribution in [3.8, 4) is 0 Å². The molecule has 3 N–H and O–H groups in total. The molecule has 0 saturated carbocycles. The van der Waals surface area contributed by atoms with Gasteiger partial charge in [-0.05, 0) is 30.7 Å². The topological polar surface area (TPSA) is 46.2 Å². The van der Waals surface area contributed by atoms with Crippen molar-refractivity contribution in [2.24, 2.45) is 0 Å². The van der Waals surface area contributed by atoms with Crippen LogP contribution in [0.25, 0.3) is 0 Å². The Balaban J connectivity index is 0.000000261. The molecule has 0 aliphatic heterocycles. The fourth-order valence-electron chi connectivity index (χ4n) is 0.463. The summed E-state index contributed by atoms with van der Waals surface area (Å²) in [5.41, 5.74) is 5.85. The summed E-state index contributed by atoms with van der Waals surface area (Å²) in [6.07, 6.45) is 0.875. The molecule has 1 aromatic rings. The van der Waals surface area contributed by atoms with Crippen molar-refractivity contribution >= 4 is 5.69 Å². The summed E-state index contributed by atoms with van der Waals surface area (Å²) in [6.45, 7) is 2.25. The fourth-order valence-corrected chi connectivity index (χ4v) is 0.463. The zero-order valence-corrected chi connectivity index (χ0v) is 7.13. The van der Waals surface area contributed by atoms with Crippen molar-refractivity contribution in [3.63, 3.8) is 0 Å². The van der Waals surface area contributed by atoms with Crippen LogP contribution in [0, 0.1) is 5.82 Å². The van der Waals surface area contributed by atoms with Crippen LogP contribution in [0.2, 0.25) is 0 Å². The number of hydrogen-bond donors (Lipinski definition) is 2. The van der Waals surface area contributed by atoms with Crippen LogP contribution >= 0.6 is 0 Å². The fraction of sp³-hybridized carbons (Fsp3) is 0.333. The third kappa shape index (κ3) is 5.68. The molecule has 0 aromatic heterocycles. The van der Waals surface area contributed by atoms with Gasteiger partial charge in [-0.1, -0.05) is 6.92 Å². The van der Waals surface area contributed by atoms with Crippen molar-refractivity contribution in [2.45, 2.75) is 13.3 Å². The van der Waals surface area contributed by atoms with Crippen LogP contribution in [-0.4, -0.2) is 11.7 Å². The highest BCUT2D eigenvalue weighted by molar-refractivity contribution is 5.36. The van der Waals surface area contributed by atoms with Gasteiger partial charge in [0.2, 0.25) is 0 Å². The molecule has 68 valence electrons. The number of hydrogen-bond acceptors (Lipinski definition) is 2. The summed E-state index contributed by atoms with van der Waals surface area (Å²) in [7, 11) is 0. The van der Waals surface area contributed by atoms with E-state index >= 15 is 0 Å². The molecule has 0 radical (unpaired) electrons. The Hall–Kier alpha value is -1.09. The van der Waals surface area contributed by atoms with Crippen LogP contribution in [0.5, 0.6) is 0 Å². The summed E-state index contributed by atoms with van der Waals surface area (Å²) in [5.74, 6) is -0.251. The lowest BCUT2D eigenvalue weighted by Gasteiger charge is -1.87. The van der Waals surface area contributed by atoms with E-state index in [2.05, 4.69) is 0 Å². The lowest BCUT2D eigenvalue weighted by atomic mass is 10.3. The summed E-state index contributed by atoms with van der Waals surface area (Å²) >= 11 is 0. The minimum Gasteiger partial charge on any atom is -0.399 e. The van der Waals surface area contributed by atoms with E-state index in [4.69, 9.17) is 10.8 Å². The number of aliphatic hydroxyl groups excluding tert-OH is 1. The first-order chi connectivity index (χ1) is 5.70. The number of benzene rings is 1. The van der Waals surface area contributed by atoms with E-state index in [0.717, 1.165) is 6.42 Å². The number of nitrogen functional groups attached to an aromatic ring is 1. The maximum atomic E-state index is 12.0. The highest BCUT2D eigenvalue weighted by Gasteiger charge is 1.83. The third-order valence-corrected chi connectivity index (χ3v) is 1.09. The molecular weight excluding hydrogens is 157 g/mol. The van der Waals surface area contributed by atoms with E-state index in [-0.39, 0.29) is 5.82 Å². The maximum absolute atomic E-state index is 12.0. The lowest BCUT2D eigenvalue weighted by Crippen LogP contribution is -1.82. The molecule has 0 heterocycles. The van der Waals surface area contributed by atoms with Gasteiger partial charge < -0.3 is 10.8 Å². The first kappa shape index (κ1) is 10.9. The zero-order valence-electron chi connectivity index (χ0n) is 7.13. The first-order valence-electron chi connectivity index (χ1n) is 3.82. The quantitative estimate of drug-likeness (QED) is 0.633. The van der Waals surface area contributed by atoms with Gasteiger partial charge in [-0.3, -0.25) is 0 Å². The molecule has 3 heteroatoms. The van der Waals surface area contributed by atoms with Gasteiger partial charge in [0, 0.05) is 12.3 Å². The minimum atomic E-state index is -0.251. The molecule has 0 saturated heterocycles. The third-order valence-electron chi connectivity index (χ3n) is 1.09. The van der Waals surface area contributed by atoms with Crippen molar-refractivity contribution in [1.29, 1.82) is 0 Å². The van der Waals surface area contributed by atoms with E-state index in [1.165, 1.54) is 24.3 Å². The van der Waals surface area contributed by atoms with Crippen molar-refractivity contribution in [2.75, 3.05) is 12.3 Å². The predicted octanol–water partition coefficient (Wildman–Crippen LogP) is 1.80. The number of rotatable bonds is 1. The van der Waals surface area contributed by atoms with Crippen LogP contribution in [0.4, 0.5) is 10.1 Å². The van der Waals surface area contributed by atoms with Gasteiger partial charge >= 0.3 is 0 Å². The van der Waals surface area contributed by atoms with Crippen molar-refractivity contribution in [3.05, 3.63) is 30.1 Å². The van der Waals surface area contributed by atoms with Gasteiger partial charge in [0.15, 0.2) is 0 Å². The highest BCUT2D eigenvalue weighted by Crippen LogP contribution is 2.01. The van der Waals surface area contributed by atoms with Crippen LogP contribution < -0.4 is 5.73 Å². The lowest BCUT2D eigenvalue weighted by molar-refractivity contribution is 0.295. The Kier molecular flexibility index (Phi) is 6.01. The summed E-state index contributed by atoms with van der Waals surface area (Å²) < 4.78 is 12.0. The monoisotopic (exact) mass is 171 g/mol. The average molecular weight is 171 g/mol. The van der Waals surface area contributed by atoms with Crippen molar-refractivity contribution in [1.82, 2.24) is 0 Å². The summed E-state index contributed by atoms with van der Waals surface area (Å²) in [6, 6.07) is 5.70. The van der Waals surface area contributed by atoms with Gasteiger partial charge in [0.1, 0.15) is 5.82 Å². The summed E-state index contributed by atoms with van der Waals surface area (Å²) in [5, 5.41) is 7.88. The molecule has 0 unspecified atom stereocenters. The standard InChI is InChI=1S/C6H6FN.C3H8O/c7-5-1-3-6(8)4-2-5;1-2-3-4/h1-4H,8H2;4H,2-3H2,1H3. The number of nitrogens with two attached hydrogens (primary N) is 1. The van der Waals surface area contributed by atoms with Crippen LogP contribution in [0.15, 0.2) is 24.3 Å². The molecule has 12 heavy (non-hydrogen) atoms. The van der Waals surface area contributed by atoms with E-state index in [1.54, 1.807) is 0 Å². The molecule has 1 rings (SSSR count). The van der Waals surface area contributed by atoms with E-state index in [9.17, 15) is 4.39 Å². The molecule has 0 amide bonds. The Labute approximate surface area is 71.8 Å². The smallest absolute Gasteiger partial charge is 0.123 e. The van der Waals surface area contributed by atoms with Gasteiger partial charge in [-0.2, -0.15) is 0 Å². The average Bonchev–Trinajstić information content (AvgIpc) is 2.11. The predicted molar refractivity (Wildman–Crippen MR) is 48.2 cm³/mol. The van der Waals surface area contributed by atoms with Crippen LogP contribution in [0.1, 0.15) is 13.3 Å². The number of anilines is 1. The molecule has 1 aromatic carbocycles. The van der Waals surface area contributed by atoms with Gasteiger partial charge in [-0.15, -0.1) is 0 Å². The molecule has 0 aliphatic rings. The molecule has 0 aliphatic carbocycles. The molecule has 0 spiro atoms. The Morgan fingerprint density at radius 3 is 2.00 bits per heavy atom. The molecule has 0 bridgehead atoms. The molecular formula is C9H14FNO. The van der Waals surface area contributed by atoms with E-state index < -0.39 is 0 Å². The maximum Gasteiger partial charge on any atom is 0.123 e. The van der Waals surface area contributed by atoms with Crippen molar-refractivity contribution < 1.29 is 9.50 Å². The normalized spacial score (nSPS) is 8.58. The Bertz CT molecular complexity index is 175. The molecule has 0 atom stereocenters. The second-order valence-electron chi connectivity index (χ2n) is 2.28. The Morgan fingerprint density at radius 2 is 1.75 bits per heavy atom. The van der Waals surface area contributed by atoms with Crippen LogP contribution in [0.3, 0.4) is 0 Å². The summed E-state index contributed by atoms with van der Waals surface area (Å²) in [4.78, 5) is 0. The largest absolute Gasteiger partial charge is 0.399 e.